The summed E-state index contributed by atoms with van der Waals surface area (Å²) in [5, 5.41) is 2.02. The first-order valence-corrected chi connectivity index (χ1v) is 8.32. The minimum absolute atomic E-state index is 0.241. The summed E-state index contributed by atoms with van der Waals surface area (Å²) in [6.45, 7) is 3.69. The normalized spacial score (nSPS) is 18.9. The number of carbonyl (C=O) groups excluding carboxylic acids is 1. The van der Waals surface area contributed by atoms with Crippen molar-refractivity contribution in [1.29, 1.82) is 0 Å². The van der Waals surface area contributed by atoms with Crippen LogP contribution in [0.2, 0.25) is 0 Å². The van der Waals surface area contributed by atoms with Crippen molar-refractivity contribution < 1.29 is 4.79 Å². The lowest BCUT2D eigenvalue weighted by Gasteiger charge is -2.34. The molecule has 6 heteroatoms. The molecule has 0 unspecified atom stereocenters. The average molecular weight is 304 g/mol. The van der Waals surface area contributed by atoms with Gasteiger partial charge in [0.1, 0.15) is 5.82 Å². The summed E-state index contributed by atoms with van der Waals surface area (Å²) >= 11 is 1.58. The molecule has 1 saturated heterocycles. The van der Waals surface area contributed by atoms with Crippen molar-refractivity contribution in [2.45, 2.75) is 38.6 Å². The molecule has 0 spiro atoms. The first kappa shape index (κ1) is 14.3. The van der Waals surface area contributed by atoms with E-state index < -0.39 is 0 Å². The van der Waals surface area contributed by atoms with E-state index in [1.165, 1.54) is 0 Å². The van der Waals surface area contributed by atoms with E-state index in [9.17, 15) is 4.79 Å². The Morgan fingerprint density at radius 2 is 2.38 bits per heavy atom. The molecule has 0 bridgehead atoms. The van der Waals surface area contributed by atoms with Crippen LogP contribution in [-0.2, 0) is 11.2 Å². The third kappa shape index (κ3) is 3.32. The number of piperidine rings is 1. The van der Waals surface area contributed by atoms with Gasteiger partial charge in [0, 0.05) is 37.3 Å². The van der Waals surface area contributed by atoms with Gasteiger partial charge in [-0.1, -0.05) is 0 Å². The maximum Gasteiger partial charge on any atom is 0.223 e. The summed E-state index contributed by atoms with van der Waals surface area (Å²) in [7, 11) is 0. The second-order valence-electron chi connectivity index (χ2n) is 5.50. The highest BCUT2D eigenvalue weighted by molar-refractivity contribution is 7.07. The summed E-state index contributed by atoms with van der Waals surface area (Å²) in [6, 6.07) is 0.365. The lowest BCUT2D eigenvalue weighted by atomic mass is 10.0. The van der Waals surface area contributed by atoms with Crippen molar-refractivity contribution in [3.05, 3.63) is 34.8 Å². The second kappa shape index (κ2) is 6.39. The number of aromatic nitrogens is 3. The standard InChI is InChI=1S/C15H20N4OS/c1-12-16-6-8-19(12)14-3-2-7-18(9-14)15(20)5-4-13-10-21-11-17-13/h6,8,10-11,14H,2-5,7,9H2,1H3/t14-/m0/s1. The number of imidazole rings is 1. The van der Waals surface area contributed by atoms with Gasteiger partial charge < -0.3 is 9.47 Å². The Labute approximate surface area is 128 Å². The third-order valence-corrected chi connectivity index (χ3v) is 4.72. The minimum Gasteiger partial charge on any atom is -0.341 e. The number of hydrogen-bond donors (Lipinski definition) is 0. The number of likely N-dealkylation sites (tertiary alicyclic amines) is 1. The molecule has 5 nitrogen and oxygen atoms in total. The lowest BCUT2D eigenvalue weighted by molar-refractivity contribution is -0.132. The van der Waals surface area contributed by atoms with Crippen LogP contribution in [0, 0.1) is 6.92 Å². The first-order valence-electron chi connectivity index (χ1n) is 7.38. The molecule has 0 radical (unpaired) electrons. The molecular formula is C15H20N4OS. The molecule has 0 saturated carbocycles. The Bertz CT molecular complexity index is 593. The Kier molecular flexibility index (Phi) is 4.34. The predicted octanol–water partition coefficient (Wildman–Crippen LogP) is 2.44. The topological polar surface area (TPSA) is 51.0 Å². The average Bonchev–Trinajstić information content (AvgIpc) is 3.16. The summed E-state index contributed by atoms with van der Waals surface area (Å²) < 4.78 is 2.19. The largest absolute Gasteiger partial charge is 0.341 e. The van der Waals surface area contributed by atoms with Gasteiger partial charge in [-0.15, -0.1) is 11.3 Å². The van der Waals surface area contributed by atoms with Crippen molar-refractivity contribution in [1.82, 2.24) is 19.4 Å². The van der Waals surface area contributed by atoms with Gasteiger partial charge in [-0.25, -0.2) is 9.97 Å². The monoisotopic (exact) mass is 304 g/mol. The van der Waals surface area contributed by atoms with Gasteiger partial charge in [-0.3, -0.25) is 4.79 Å². The summed E-state index contributed by atoms with van der Waals surface area (Å²) in [5.74, 6) is 1.27. The highest BCUT2D eigenvalue weighted by atomic mass is 32.1. The van der Waals surface area contributed by atoms with Crippen molar-refractivity contribution in [2.75, 3.05) is 13.1 Å². The van der Waals surface area contributed by atoms with Crippen LogP contribution in [0.1, 0.15) is 36.8 Å². The number of carbonyl (C=O) groups is 1. The summed E-state index contributed by atoms with van der Waals surface area (Å²) in [4.78, 5) is 22.9. The van der Waals surface area contributed by atoms with E-state index in [-0.39, 0.29) is 5.91 Å². The van der Waals surface area contributed by atoms with Crippen LogP contribution in [0.5, 0.6) is 0 Å². The van der Waals surface area contributed by atoms with E-state index in [4.69, 9.17) is 0 Å². The Hall–Kier alpha value is -1.69. The second-order valence-corrected chi connectivity index (χ2v) is 6.22. The number of amides is 1. The van der Waals surface area contributed by atoms with Crippen LogP contribution in [0.15, 0.2) is 23.3 Å². The fourth-order valence-electron chi connectivity index (χ4n) is 2.94. The Morgan fingerprint density at radius 3 is 3.10 bits per heavy atom. The van der Waals surface area contributed by atoms with Crippen LogP contribution in [0.25, 0.3) is 0 Å². The highest BCUT2D eigenvalue weighted by Gasteiger charge is 2.25. The number of hydrogen-bond acceptors (Lipinski definition) is 4. The molecule has 1 fully saturated rings. The smallest absolute Gasteiger partial charge is 0.223 e. The first-order chi connectivity index (χ1) is 10.2. The molecule has 1 aliphatic rings. The molecular weight excluding hydrogens is 284 g/mol. The molecule has 112 valence electrons. The van der Waals surface area contributed by atoms with Crippen LogP contribution >= 0.6 is 11.3 Å². The van der Waals surface area contributed by atoms with E-state index in [2.05, 4.69) is 14.5 Å². The van der Waals surface area contributed by atoms with Gasteiger partial charge in [0.25, 0.3) is 0 Å². The number of thiazole rings is 1. The molecule has 21 heavy (non-hydrogen) atoms. The highest BCUT2D eigenvalue weighted by Crippen LogP contribution is 2.23. The van der Waals surface area contributed by atoms with Crippen molar-refractivity contribution >= 4 is 17.2 Å². The number of aryl methyl sites for hydroxylation is 2. The van der Waals surface area contributed by atoms with E-state index in [1.54, 1.807) is 11.3 Å². The maximum absolute atomic E-state index is 12.4. The SMILES string of the molecule is Cc1nccn1[C@H]1CCCN(C(=O)CCc2cscn2)C1. The molecule has 2 aromatic rings. The fourth-order valence-corrected chi connectivity index (χ4v) is 3.53. The van der Waals surface area contributed by atoms with Crippen molar-refractivity contribution in [3.63, 3.8) is 0 Å². The molecule has 0 aromatic carbocycles. The summed E-state index contributed by atoms with van der Waals surface area (Å²) in [6.07, 6.45) is 7.33. The molecule has 0 N–H and O–H groups in total. The van der Waals surface area contributed by atoms with E-state index in [0.717, 1.165) is 43.9 Å². The molecule has 0 aliphatic carbocycles. The van der Waals surface area contributed by atoms with E-state index in [0.29, 0.717) is 12.5 Å². The van der Waals surface area contributed by atoms with Gasteiger partial charge in [-0.2, -0.15) is 0 Å². The van der Waals surface area contributed by atoms with Crippen LogP contribution in [-0.4, -0.2) is 38.4 Å². The van der Waals surface area contributed by atoms with Gasteiger partial charge in [0.15, 0.2) is 0 Å². The number of nitrogens with zero attached hydrogens (tertiary/aromatic N) is 4. The zero-order valence-electron chi connectivity index (χ0n) is 12.2. The van der Waals surface area contributed by atoms with Gasteiger partial charge >= 0.3 is 0 Å². The molecule has 2 aromatic heterocycles. The fraction of sp³-hybridized carbons (Fsp3) is 0.533. The Morgan fingerprint density at radius 1 is 1.48 bits per heavy atom. The van der Waals surface area contributed by atoms with Gasteiger partial charge in [0.2, 0.25) is 5.91 Å². The molecule has 1 amide bonds. The number of rotatable bonds is 4. The predicted molar refractivity (Wildman–Crippen MR) is 82.3 cm³/mol. The van der Waals surface area contributed by atoms with Gasteiger partial charge in [0.05, 0.1) is 17.2 Å². The van der Waals surface area contributed by atoms with Crippen molar-refractivity contribution in [3.8, 4) is 0 Å². The maximum atomic E-state index is 12.4. The quantitative estimate of drug-likeness (QED) is 0.872. The van der Waals surface area contributed by atoms with Crippen LogP contribution < -0.4 is 0 Å². The van der Waals surface area contributed by atoms with E-state index >= 15 is 0 Å². The molecule has 1 atom stereocenters. The van der Waals surface area contributed by atoms with Crippen LogP contribution in [0.4, 0.5) is 0 Å². The zero-order chi connectivity index (χ0) is 14.7. The van der Waals surface area contributed by atoms with Crippen LogP contribution in [0.3, 0.4) is 0 Å². The molecule has 1 aliphatic heterocycles. The third-order valence-electron chi connectivity index (χ3n) is 4.08. The summed E-state index contributed by atoms with van der Waals surface area (Å²) in [5.41, 5.74) is 2.84. The molecule has 3 rings (SSSR count). The molecule has 3 heterocycles. The zero-order valence-corrected chi connectivity index (χ0v) is 13.1. The van der Waals surface area contributed by atoms with Gasteiger partial charge in [-0.05, 0) is 26.2 Å². The Balaban J connectivity index is 1.58. The van der Waals surface area contributed by atoms with E-state index in [1.807, 2.05) is 35.1 Å². The lowest BCUT2D eigenvalue weighted by Crippen LogP contribution is -2.40. The minimum atomic E-state index is 0.241. The van der Waals surface area contributed by atoms with Crippen molar-refractivity contribution in [2.24, 2.45) is 0 Å².